The molecule has 3 saturated heterocycles. The Bertz CT molecular complexity index is 1290. The number of nitrogens with zero attached hydrogens (tertiary/aromatic N) is 6. The Kier molecular flexibility index (Phi) is 5.73. The van der Waals surface area contributed by atoms with Crippen molar-refractivity contribution in [1.29, 1.82) is 0 Å². The molecule has 1 N–H and O–H groups in total. The van der Waals surface area contributed by atoms with Gasteiger partial charge >= 0.3 is 0 Å². The van der Waals surface area contributed by atoms with E-state index in [1.54, 1.807) is 0 Å². The van der Waals surface area contributed by atoms with Gasteiger partial charge in [-0.05, 0) is 38.0 Å². The van der Waals surface area contributed by atoms with Crippen molar-refractivity contribution in [3.8, 4) is 17.1 Å². The summed E-state index contributed by atoms with van der Waals surface area (Å²) in [5, 5.41) is 2.91. The van der Waals surface area contributed by atoms with Gasteiger partial charge in [0.25, 0.3) is 0 Å². The number of rotatable bonds is 7. The first-order valence-corrected chi connectivity index (χ1v) is 13.5. The molecule has 4 fully saturated rings. The third-order valence-electron chi connectivity index (χ3n) is 8.25. The fraction of sp³-hybridized carbons (Fsp3) is 0.556. The monoisotopic (exact) mass is 503 g/mol. The minimum Gasteiger partial charge on any atom is -0.473 e. The number of piperazine rings is 1. The second kappa shape index (κ2) is 9.25. The summed E-state index contributed by atoms with van der Waals surface area (Å²) in [5.41, 5.74) is 3.55. The maximum absolute atomic E-state index is 11.8. The fourth-order valence-electron chi connectivity index (χ4n) is 5.59. The zero-order valence-electron chi connectivity index (χ0n) is 21.2. The minimum atomic E-state index is -0.141. The predicted octanol–water partition coefficient (Wildman–Crippen LogP) is 2.25. The molecule has 0 radical (unpaired) electrons. The first-order valence-electron chi connectivity index (χ1n) is 13.5. The Morgan fingerprint density at radius 3 is 2.59 bits per heavy atom. The summed E-state index contributed by atoms with van der Waals surface area (Å²) >= 11 is 0. The molecule has 0 spiro atoms. The highest BCUT2D eigenvalue weighted by Gasteiger charge is 2.32. The lowest BCUT2D eigenvalue weighted by atomic mass is 10.0. The number of carbonyl (C=O) groups excluding carboxylic acids is 1. The third kappa shape index (κ3) is 4.42. The lowest BCUT2D eigenvalue weighted by molar-refractivity contribution is -0.119. The van der Waals surface area contributed by atoms with Gasteiger partial charge in [0.1, 0.15) is 17.4 Å². The molecule has 6 heterocycles. The number of imidazole rings is 1. The van der Waals surface area contributed by atoms with Gasteiger partial charge in [0, 0.05) is 62.9 Å². The number of nitrogens with one attached hydrogen (secondary N) is 1. The fourth-order valence-corrected chi connectivity index (χ4v) is 5.59. The molecule has 7 rings (SSSR count). The van der Waals surface area contributed by atoms with Crippen LogP contribution in [-0.4, -0.2) is 88.4 Å². The van der Waals surface area contributed by atoms with Gasteiger partial charge in [0.15, 0.2) is 0 Å². The first-order chi connectivity index (χ1) is 18.1. The molecule has 0 bridgehead atoms. The second-order valence-corrected chi connectivity index (χ2v) is 10.8. The maximum Gasteiger partial charge on any atom is 0.241 e. The van der Waals surface area contributed by atoms with Crippen LogP contribution < -0.4 is 15.0 Å². The summed E-state index contributed by atoms with van der Waals surface area (Å²) in [6.45, 7) is 8.42. The van der Waals surface area contributed by atoms with Crippen LogP contribution in [0.25, 0.3) is 22.3 Å². The Morgan fingerprint density at radius 1 is 1.11 bits per heavy atom. The van der Waals surface area contributed by atoms with E-state index in [0.29, 0.717) is 30.9 Å². The van der Waals surface area contributed by atoms with Crippen LogP contribution in [0.5, 0.6) is 5.88 Å². The summed E-state index contributed by atoms with van der Waals surface area (Å²) in [4.78, 5) is 31.1. The Morgan fingerprint density at radius 2 is 1.95 bits per heavy atom. The first kappa shape index (κ1) is 22.9. The van der Waals surface area contributed by atoms with Gasteiger partial charge in [-0.15, -0.1) is 0 Å². The number of anilines is 1. The van der Waals surface area contributed by atoms with Crippen LogP contribution in [0.2, 0.25) is 0 Å². The number of carbonyl (C=O) groups is 1. The van der Waals surface area contributed by atoms with Gasteiger partial charge in [-0.2, -0.15) is 0 Å². The molecule has 1 amide bonds. The van der Waals surface area contributed by atoms with E-state index in [4.69, 9.17) is 24.4 Å². The van der Waals surface area contributed by atoms with E-state index in [1.807, 2.05) is 25.5 Å². The summed E-state index contributed by atoms with van der Waals surface area (Å²) < 4.78 is 14.0. The molecular weight excluding hydrogens is 470 g/mol. The Balaban J connectivity index is 1.13. The van der Waals surface area contributed by atoms with Gasteiger partial charge < -0.3 is 24.3 Å². The van der Waals surface area contributed by atoms with Gasteiger partial charge in [-0.25, -0.2) is 15.0 Å². The summed E-state index contributed by atoms with van der Waals surface area (Å²) in [7, 11) is 0. The smallest absolute Gasteiger partial charge is 0.241 e. The van der Waals surface area contributed by atoms with Crippen LogP contribution in [-0.2, 0) is 9.53 Å². The van der Waals surface area contributed by atoms with E-state index in [0.717, 1.165) is 80.3 Å². The molecule has 0 unspecified atom stereocenters. The van der Waals surface area contributed by atoms with Crippen LogP contribution in [0.4, 0.5) is 5.82 Å². The van der Waals surface area contributed by atoms with Crippen LogP contribution >= 0.6 is 0 Å². The van der Waals surface area contributed by atoms with Crippen LogP contribution in [0.15, 0.2) is 30.7 Å². The summed E-state index contributed by atoms with van der Waals surface area (Å²) in [6.07, 6.45) is 6.45. The second-order valence-electron chi connectivity index (χ2n) is 10.8. The minimum absolute atomic E-state index is 0.0833. The third-order valence-corrected chi connectivity index (χ3v) is 8.25. The number of hydrogen-bond acceptors (Lipinski definition) is 8. The molecule has 194 valence electrons. The molecule has 1 saturated carbocycles. The number of hydrogen-bond donors (Lipinski definition) is 1. The molecule has 2 atom stereocenters. The van der Waals surface area contributed by atoms with E-state index >= 15 is 0 Å². The zero-order chi connectivity index (χ0) is 24.9. The van der Waals surface area contributed by atoms with Gasteiger partial charge in [0.2, 0.25) is 11.8 Å². The number of amides is 1. The van der Waals surface area contributed by atoms with E-state index < -0.39 is 0 Å². The normalized spacial score (nSPS) is 23.8. The van der Waals surface area contributed by atoms with Crippen molar-refractivity contribution in [1.82, 2.24) is 29.7 Å². The van der Waals surface area contributed by atoms with Crippen LogP contribution in [0.3, 0.4) is 0 Å². The molecule has 3 aromatic heterocycles. The Labute approximate surface area is 216 Å². The topological polar surface area (TPSA) is 97.6 Å². The molecule has 0 aromatic carbocycles. The molecule has 10 heteroatoms. The quantitative estimate of drug-likeness (QED) is 0.525. The van der Waals surface area contributed by atoms with Crippen molar-refractivity contribution < 1.29 is 14.3 Å². The number of ether oxygens (including phenoxy) is 2. The van der Waals surface area contributed by atoms with E-state index in [2.05, 4.69) is 31.8 Å². The summed E-state index contributed by atoms with van der Waals surface area (Å²) in [5.74, 6) is 1.79. The Hall–Kier alpha value is -3.24. The number of pyridine rings is 2. The van der Waals surface area contributed by atoms with Crippen LogP contribution in [0.1, 0.15) is 32.2 Å². The van der Waals surface area contributed by atoms with E-state index in [-0.39, 0.29) is 17.9 Å². The maximum atomic E-state index is 11.8. The highest BCUT2D eigenvalue weighted by molar-refractivity contribution is 5.85. The molecule has 4 aliphatic rings. The molecule has 1 aliphatic carbocycles. The predicted molar refractivity (Wildman–Crippen MR) is 139 cm³/mol. The summed E-state index contributed by atoms with van der Waals surface area (Å²) in [6, 6.07) is 7.26. The van der Waals surface area contributed by atoms with E-state index in [1.165, 1.54) is 0 Å². The molecule has 10 nitrogen and oxygen atoms in total. The molecular formula is C27H33N7O3. The van der Waals surface area contributed by atoms with E-state index in [9.17, 15) is 4.79 Å². The molecule has 37 heavy (non-hydrogen) atoms. The van der Waals surface area contributed by atoms with Crippen LogP contribution in [0, 0.1) is 5.92 Å². The highest BCUT2D eigenvalue weighted by Crippen LogP contribution is 2.40. The SMILES string of the molecule is C[C@@H](Oc1nc(-c2ccc(N3CCN(C4COC4)CC3)nc2)cc2ncn(C3CC3)c12)[C@H]1CNC(=O)C1. The molecule has 3 aromatic rings. The van der Waals surface area contributed by atoms with Gasteiger partial charge in [-0.3, -0.25) is 9.69 Å². The van der Waals surface area contributed by atoms with Gasteiger partial charge in [0.05, 0.1) is 36.8 Å². The molecule has 3 aliphatic heterocycles. The van der Waals surface area contributed by atoms with Crippen molar-refractivity contribution in [3.63, 3.8) is 0 Å². The van der Waals surface area contributed by atoms with Crippen molar-refractivity contribution in [3.05, 3.63) is 30.7 Å². The lowest BCUT2D eigenvalue weighted by Gasteiger charge is -2.42. The van der Waals surface area contributed by atoms with Crippen molar-refractivity contribution in [2.75, 3.05) is 50.8 Å². The average molecular weight is 504 g/mol. The zero-order valence-corrected chi connectivity index (χ0v) is 21.2. The lowest BCUT2D eigenvalue weighted by Crippen LogP contribution is -2.56. The average Bonchev–Trinajstić information content (AvgIpc) is 3.48. The van der Waals surface area contributed by atoms with Gasteiger partial charge in [-0.1, -0.05) is 0 Å². The number of aromatic nitrogens is 4. The van der Waals surface area contributed by atoms with Crippen molar-refractivity contribution >= 4 is 22.8 Å². The largest absolute Gasteiger partial charge is 0.473 e. The highest BCUT2D eigenvalue weighted by atomic mass is 16.5. The van der Waals surface area contributed by atoms with Crippen molar-refractivity contribution in [2.24, 2.45) is 5.92 Å². The van der Waals surface area contributed by atoms with Crippen molar-refractivity contribution in [2.45, 2.75) is 44.4 Å². The standard InChI is InChI=1S/C27H33N7O3/c1-17(19-10-25(35)29-13-19)37-27-26-23(30-16-34(26)20-3-4-20)11-22(31-27)18-2-5-24(28-12-18)33-8-6-32(7-9-33)21-14-36-15-21/h2,5,11-12,16-17,19-21H,3-4,6-10,13-15H2,1H3,(H,29,35)/t17-,19-/m1/s1. The number of fused-ring (bicyclic) bond motifs is 1.